The van der Waals surface area contributed by atoms with Gasteiger partial charge in [-0.2, -0.15) is 0 Å². The van der Waals surface area contributed by atoms with Gasteiger partial charge in [-0.3, -0.25) is 9.59 Å². The highest BCUT2D eigenvalue weighted by atomic mass is 35.5. The predicted molar refractivity (Wildman–Crippen MR) is 126 cm³/mol. The van der Waals surface area contributed by atoms with Gasteiger partial charge in [-0.15, -0.1) is 0 Å². The maximum absolute atomic E-state index is 12.8. The summed E-state index contributed by atoms with van der Waals surface area (Å²) in [5, 5.41) is 3.65. The maximum atomic E-state index is 12.8. The molecule has 0 aliphatic carbocycles. The van der Waals surface area contributed by atoms with Crippen LogP contribution in [0.5, 0.6) is 5.75 Å². The van der Waals surface area contributed by atoms with Crippen LogP contribution in [0.15, 0.2) is 48.5 Å². The first-order valence-electron chi connectivity index (χ1n) is 10.6. The number of anilines is 1. The molecule has 0 saturated carbocycles. The average Bonchev–Trinajstić information content (AvgIpc) is 3.16. The molecular formula is C25H29ClN2O3. The van der Waals surface area contributed by atoms with Gasteiger partial charge in [0, 0.05) is 23.8 Å². The monoisotopic (exact) mass is 440 g/mol. The van der Waals surface area contributed by atoms with Crippen molar-refractivity contribution in [3.8, 4) is 5.75 Å². The first-order valence-corrected chi connectivity index (χ1v) is 11.0. The molecule has 31 heavy (non-hydrogen) atoms. The van der Waals surface area contributed by atoms with E-state index in [1.165, 1.54) is 0 Å². The fourth-order valence-corrected chi connectivity index (χ4v) is 4.09. The summed E-state index contributed by atoms with van der Waals surface area (Å²) in [4.78, 5) is 27.2. The minimum atomic E-state index is -0.645. The summed E-state index contributed by atoms with van der Waals surface area (Å²) in [5.41, 5.74) is 4.19. The lowest BCUT2D eigenvalue weighted by atomic mass is 9.97. The maximum Gasteiger partial charge on any atom is 0.239 e. The molecule has 0 radical (unpaired) electrons. The van der Waals surface area contributed by atoms with Crippen molar-refractivity contribution in [3.05, 3.63) is 64.7 Å². The third-order valence-corrected chi connectivity index (χ3v) is 5.83. The Morgan fingerprint density at radius 1 is 1.26 bits per heavy atom. The van der Waals surface area contributed by atoms with Gasteiger partial charge in [0.15, 0.2) is 0 Å². The van der Waals surface area contributed by atoms with E-state index in [-0.39, 0.29) is 11.8 Å². The van der Waals surface area contributed by atoms with Crippen LogP contribution in [-0.2, 0) is 9.59 Å². The van der Waals surface area contributed by atoms with E-state index in [4.69, 9.17) is 16.3 Å². The second-order valence-electron chi connectivity index (χ2n) is 7.67. The summed E-state index contributed by atoms with van der Waals surface area (Å²) in [6.07, 6.45) is 4.26. The second kappa shape index (κ2) is 10.5. The highest BCUT2D eigenvalue weighted by Crippen LogP contribution is 2.28. The summed E-state index contributed by atoms with van der Waals surface area (Å²) in [7, 11) is 1.60. The Hall–Kier alpha value is -2.79. The lowest BCUT2D eigenvalue weighted by molar-refractivity contribution is -0.132. The van der Waals surface area contributed by atoms with Crippen molar-refractivity contribution in [1.29, 1.82) is 0 Å². The number of halogens is 1. The van der Waals surface area contributed by atoms with Gasteiger partial charge in [0.1, 0.15) is 11.7 Å². The van der Waals surface area contributed by atoms with Gasteiger partial charge in [-0.25, -0.2) is 0 Å². The molecule has 6 heteroatoms. The Bertz CT molecular complexity index is 969. The van der Waals surface area contributed by atoms with Gasteiger partial charge < -0.3 is 15.0 Å². The zero-order valence-electron chi connectivity index (χ0n) is 18.3. The van der Waals surface area contributed by atoms with E-state index in [9.17, 15) is 9.59 Å². The predicted octanol–water partition coefficient (Wildman–Crippen LogP) is 5.01. The summed E-state index contributed by atoms with van der Waals surface area (Å²) in [5.74, 6) is -0.276. The van der Waals surface area contributed by atoms with Crippen molar-refractivity contribution in [2.45, 2.75) is 33.1 Å². The summed E-state index contributed by atoms with van der Waals surface area (Å²) in [6, 6.07) is 13.2. The zero-order chi connectivity index (χ0) is 22.4. The molecule has 2 aromatic rings. The fraction of sp³-hybridized carbons (Fsp3) is 0.360. The molecule has 1 aliphatic rings. The van der Waals surface area contributed by atoms with Crippen LogP contribution >= 0.6 is 11.6 Å². The Morgan fingerprint density at radius 3 is 2.68 bits per heavy atom. The number of rotatable bonds is 8. The van der Waals surface area contributed by atoms with Crippen molar-refractivity contribution in [2.75, 3.05) is 25.1 Å². The molecule has 164 valence electrons. The Balaban J connectivity index is 1.59. The third-order valence-electron chi connectivity index (χ3n) is 5.60. The highest BCUT2D eigenvalue weighted by molar-refractivity contribution is 6.30. The van der Waals surface area contributed by atoms with Gasteiger partial charge in [-0.05, 0) is 79.3 Å². The molecule has 0 aromatic heterocycles. The molecule has 1 aliphatic heterocycles. The number of hydrogen-bond acceptors (Lipinski definition) is 3. The van der Waals surface area contributed by atoms with Crippen LogP contribution in [-0.4, -0.2) is 32.0 Å². The molecule has 5 nitrogen and oxygen atoms in total. The third kappa shape index (κ3) is 5.47. The number of nitrogens with zero attached hydrogens (tertiary/aromatic N) is 1. The van der Waals surface area contributed by atoms with Crippen LogP contribution in [0.4, 0.5) is 5.69 Å². The minimum Gasteiger partial charge on any atom is -0.497 e. The Morgan fingerprint density at radius 2 is 2.00 bits per heavy atom. The topological polar surface area (TPSA) is 58.6 Å². The second-order valence-corrected chi connectivity index (χ2v) is 8.10. The van der Waals surface area contributed by atoms with Crippen LogP contribution in [0.25, 0.3) is 5.57 Å². The molecule has 1 N–H and O–H groups in total. The van der Waals surface area contributed by atoms with Crippen molar-refractivity contribution in [1.82, 2.24) is 5.32 Å². The van der Waals surface area contributed by atoms with E-state index >= 15 is 0 Å². The molecule has 0 bridgehead atoms. The van der Waals surface area contributed by atoms with Crippen molar-refractivity contribution >= 4 is 34.7 Å². The molecule has 0 spiro atoms. The quantitative estimate of drug-likeness (QED) is 0.587. The summed E-state index contributed by atoms with van der Waals surface area (Å²) >= 11 is 6.18. The minimum absolute atomic E-state index is 0.155. The van der Waals surface area contributed by atoms with E-state index < -0.39 is 5.92 Å². The van der Waals surface area contributed by atoms with Gasteiger partial charge in [0.05, 0.1) is 7.11 Å². The van der Waals surface area contributed by atoms with Crippen LogP contribution in [0, 0.1) is 12.8 Å². The average molecular weight is 441 g/mol. The van der Waals surface area contributed by atoms with Crippen molar-refractivity contribution in [3.63, 3.8) is 0 Å². The molecule has 1 saturated heterocycles. The van der Waals surface area contributed by atoms with E-state index in [0.29, 0.717) is 31.0 Å². The van der Waals surface area contributed by atoms with Crippen LogP contribution in [0.2, 0.25) is 5.02 Å². The number of carbonyl (C=O) groups excluding carboxylic acids is 2. The smallest absolute Gasteiger partial charge is 0.239 e. The number of allylic oxidation sites excluding steroid dienone is 1. The number of carbonyl (C=O) groups is 2. The number of ether oxygens (including phenoxy) is 1. The zero-order valence-corrected chi connectivity index (χ0v) is 19.0. The standard InChI is InChI=1S/C25H29ClN2O3/c1-4-5-18(23-16-19(26)7-6-17(23)2)12-14-27-24(29)22-13-15-28(25(22)30)20-8-10-21(31-3)11-9-20/h5-11,16,22H,4,12-15H2,1-3H3,(H,27,29)/b18-5-. The SMILES string of the molecule is CC/C=C(/CCNC(=O)C1CCN(c2ccc(OC)cc2)C1=O)c1cc(Cl)ccc1C. The van der Waals surface area contributed by atoms with Crippen LogP contribution < -0.4 is 15.0 Å². The first-order chi connectivity index (χ1) is 14.9. The summed E-state index contributed by atoms with van der Waals surface area (Å²) < 4.78 is 5.17. The largest absolute Gasteiger partial charge is 0.497 e. The Labute approximate surface area is 189 Å². The number of aryl methyl sites for hydroxylation is 1. The lowest BCUT2D eigenvalue weighted by Crippen LogP contribution is -2.37. The molecular weight excluding hydrogens is 412 g/mol. The molecule has 1 fully saturated rings. The molecule has 1 heterocycles. The van der Waals surface area contributed by atoms with Gasteiger partial charge in [-0.1, -0.05) is 30.7 Å². The van der Waals surface area contributed by atoms with E-state index in [1.807, 2.05) is 42.5 Å². The number of nitrogens with one attached hydrogen (secondary N) is 1. The molecule has 2 aromatic carbocycles. The Kier molecular flexibility index (Phi) is 7.75. The first kappa shape index (κ1) is 22.9. The van der Waals surface area contributed by atoms with Crippen LogP contribution in [0.3, 0.4) is 0 Å². The van der Waals surface area contributed by atoms with Gasteiger partial charge in [0.2, 0.25) is 11.8 Å². The molecule has 1 atom stereocenters. The van der Waals surface area contributed by atoms with E-state index in [2.05, 4.69) is 25.2 Å². The van der Waals surface area contributed by atoms with E-state index in [0.717, 1.165) is 34.6 Å². The normalized spacial score (nSPS) is 16.5. The number of benzene rings is 2. The molecule has 2 amide bonds. The van der Waals surface area contributed by atoms with Crippen molar-refractivity contribution < 1.29 is 14.3 Å². The van der Waals surface area contributed by atoms with Gasteiger partial charge in [0.25, 0.3) is 0 Å². The highest BCUT2D eigenvalue weighted by Gasteiger charge is 2.37. The van der Waals surface area contributed by atoms with Crippen LogP contribution in [0.1, 0.15) is 37.3 Å². The molecule has 3 rings (SSSR count). The van der Waals surface area contributed by atoms with E-state index in [1.54, 1.807) is 12.0 Å². The van der Waals surface area contributed by atoms with Gasteiger partial charge >= 0.3 is 0 Å². The number of amides is 2. The summed E-state index contributed by atoms with van der Waals surface area (Å²) in [6.45, 7) is 5.15. The van der Waals surface area contributed by atoms with Crippen molar-refractivity contribution in [2.24, 2.45) is 5.92 Å². The lowest BCUT2D eigenvalue weighted by Gasteiger charge is -2.17. The number of methoxy groups -OCH3 is 1. The fourth-order valence-electron chi connectivity index (χ4n) is 3.92. The molecule has 1 unspecified atom stereocenters. The number of hydrogen-bond donors (Lipinski definition) is 1.